The molecule has 0 radical (unpaired) electrons. The Morgan fingerprint density at radius 1 is 1.53 bits per heavy atom. The van der Waals surface area contributed by atoms with E-state index in [9.17, 15) is 0 Å². The molecule has 1 nitrogen and oxygen atoms in total. The predicted octanol–water partition coefficient (Wildman–Crippen LogP) is 2.95. The first-order chi connectivity index (χ1) is 7.10. The van der Waals surface area contributed by atoms with Crippen molar-refractivity contribution in [1.82, 2.24) is 0 Å². The summed E-state index contributed by atoms with van der Waals surface area (Å²) in [6, 6.07) is 0. The molecule has 2 aliphatic rings. The molecule has 0 saturated heterocycles. The molecule has 0 heterocycles. The molecule has 1 saturated carbocycles. The Hall–Kier alpha value is 0.0500. The molecule has 1 fully saturated rings. The molecule has 0 spiro atoms. The highest BCUT2D eigenvalue weighted by Crippen LogP contribution is 2.59. The van der Waals surface area contributed by atoms with Crippen molar-refractivity contribution in [2.45, 2.75) is 32.4 Å². The number of rotatable bonds is 4. The number of aliphatic hydroxyl groups is 1. The second-order valence-electron chi connectivity index (χ2n) is 5.28. The summed E-state index contributed by atoms with van der Waals surface area (Å²) in [5.74, 6) is 3.27. The van der Waals surface area contributed by atoms with Crippen LogP contribution in [0.4, 0.5) is 0 Å². The maximum atomic E-state index is 8.90. The lowest BCUT2D eigenvalue weighted by Crippen LogP contribution is -2.38. The largest absolute Gasteiger partial charge is 0.396 e. The summed E-state index contributed by atoms with van der Waals surface area (Å²) in [7, 11) is 0. The minimum Gasteiger partial charge on any atom is -0.396 e. The number of hydrogen-bond donors (Lipinski definition) is 1. The molecule has 2 bridgehead atoms. The highest BCUT2D eigenvalue weighted by molar-refractivity contribution is 7.99. The van der Waals surface area contributed by atoms with Crippen molar-refractivity contribution in [3.8, 4) is 0 Å². The number of hydrogen-bond acceptors (Lipinski definition) is 2. The van der Waals surface area contributed by atoms with Crippen molar-refractivity contribution < 1.29 is 5.11 Å². The summed E-state index contributed by atoms with van der Waals surface area (Å²) in [5.41, 5.74) is 0.444. The average Bonchev–Trinajstić information content (AvgIpc) is 2.79. The zero-order valence-corrected chi connectivity index (χ0v) is 10.8. The highest BCUT2D eigenvalue weighted by atomic mass is 32.2. The zero-order chi connectivity index (χ0) is 11.1. The Morgan fingerprint density at radius 2 is 2.27 bits per heavy atom. The third kappa shape index (κ3) is 1.66. The summed E-state index contributed by atoms with van der Waals surface area (Å²) >= 11 is 1.93. The molecule has 15 heavy (non-hydrogen) atoms. The molecular formula is C13H22OS. The van der Waals surface area contributed by atoms with E-state index in [0.717, 1.165) is 23.5 Å². The van der Waals surface area contributed by atoms with E-state index in [0.29, 0.717) is 17.3 Å². The van der Waals surface area contributed by atoms with Gasteiger partial charge in [-0.05, 0) is 29.6 Å². The molecule has 5 unspecified atom stereocenters. The summed E-state index contributed by atoms with van der Waals surface area (Å²) in [5, 5.41) is 9.56. The third-order valence-corrected chi connectivity index (χ3v) is 6.30. The van der Waals surface area contributed by atoms with Gasteiger partial charge in [0.05, 0.1) is 6.61 Å². The quantitative estimate of drug-likeness (QED) is 0.744. The fourth-order valence-electron chi connectivity index (χ4n) is 3.44. The number of thioether (sulfide) groups is 1. The molecule has 2 aliphatic carbocycles. The summed E-state index contributed by atoms with van der Waals surface area (Å²) in [6.45, 7) is 7.50. The van der Waals surface area contributed by atoms with E-state index in [2.05, 4.69) is 32.9 Å². The van der Waals surface area contributed by atoms with Gasteiger partial charge in [0.15, 0.2) is 0 Å². The highest BCUT2D eigenvalue weighted by Gasteiger charge is 2.53. The molecule has 2 rings (SSSR count). The molecule has 5 atom stereocenters. The maximum Gasteiger partial charge on any atom is 0.0521 e. The minimum absolute atomic E-state index is 0.309. The molecule has 0 aromatic rings. The number of allylic oxidation sites excluding steroid dienone is 2. The van der Waals surface area contributed by atoms with Crippen LogP contribution < -0.4 is 0 Å². The second kappa shape index (κ2) is 4.14. The SMILES string of the molecule is CC(SCCO)C1(C)C2C=CC(C2)C1C. The van der Waals surface area contributed by atoms with Gasteiger partial charge in [-0.15, -0.1) is 0 Å². The molecule has 86 valence electrons. The van der Waals surface area contributed by atoms with Crippen LogP contribution in [0, 0.1) is 23.2 Å². The van der Waals surface area contributed by atoms with Crippen LogP contribution in [0.25, 0.3) is 0 Å². The average molecular weight is 226 g/mol. The molecular weight excluding hydrogens is 204 g/mol. The van der Waals surface area contributed by atoms with Crippen molar-refractivity contribution in [1.29, 1.82) is 0 Å². The van der Waals surface area contributed by atoms with Crippen LogP contribution in [0.1, 0.15) is 27.2 Å². The van der Waals surface area contributed by atoms with Gasteiger partial charge in [-0.3, -0.25) is 0 Å². The second-order valence-corrected chi connectivity index (χ2v) is 6.73. The molecule has 0 amide bonds. The Morgan fingerprint density at radius 3 is 2.80 bits per heavy atom. The van der Waals surface area contributed by atoms with Crippen LogP contribution >= 0.6 is 11.8 Å². The van der Waals surface area contributed by atoms with Crippen LogP contribution in [-0.4, -0.2) is 22.7 Å². The van der Waals surface area contributed by atoms with Gasteiger partial charge in [0.1, 0.15) is 0 Å². The van der Waals surface area contributed by atoms with Gasteiger partial charge in [-0.1, -0.05) is 32.9 Å². The first-order valence-corrected chi connectivity index (χ1v) is 7.06. The molecule has 2 heteroatoms. The van der Waals surface area contributed by atoms with E-state index in [1.165, 1.54) is 6.42 Å². The minimum atomic E-state index is 0.309. The molecule has 0 aliphatic heterocycles. The predicted molar refractivity (Wildman–Crippen MR) is 67.0 cm³/mol. The zero-order valence-electron chi connectivity index (χ0n) is 9.94. The fraction of sp³-hybridized carbons (Fsp3) is 0.846. The van der Waals surface area contributed by atoms with Crippen LogP contribution in [-0.2, 0) is 0 Å². The van der Waals surface area contributed by atoms with Crippen molar-refractivity contribution >= 4 is 11.8 Å². The van der Waals surface area contributed by atoms with Crippen LogP contribution in [0.3, 0.4) is 0 Å². The van der Waals surface area contributed by atoms with Gasteiger partial charge >= 0.3 is 0 Å². The summed E-state index contributed by atoms with van der Waals surface area (Å²) in [4.78, 5) is 0. The first-order valence-electron chi connectivity index (χ1n) is 6.01. The standard InChI is InChI=1S/C13H22OS/c1-9-11-4-5-12(8-11)13(9,3)10(2)15-7-6-14/h4-5,9-12,14H,6-8H2,1-3H3. The van der Waals surface area contributed by atoms with Crippen molar-refractivity contribution in [3.05, 3.63) is 12.2 Å². The van der Waals surface area contributed by atoms with Crippen LogP contribution in [0.15, 0.2) is 12.2 Å². The van der Waals surface area contributed by atoms with Gasteiger partial charge in [0, 0.05) is 11.0 Å². The van der Waals surface area contributed by atoms with Crippen LogP contribution in [0.2, 0.25) is 0 Å². The van der Waals surface area contributed by atoms with E-state index in [1.54, 1.807) is 0 Å². The lowest BCUT2D eigenvalue weighted by atomic mass is 9.69. The van der Waals surface area contributed by atoms with Gasteiger partial charge in [-0.25, -0.2) is 0 Å². The Labute approximate surface area is 97.3 Å². The van der Waals surface area contributed by atoms with Gasteiger partial charge < -0.3 is 5.11 Å². The Bertz CT molecular complexity index is 263. The summed E-state index contributed by atoms with van der Waals surface area (Å²) in [6.07, 6.45) is 6.21. The van der Waals surface area contributed by atoms with E-state index in [-0.39, 0.29) is 0 Å². The topological polar surface area (TPSA) is 20.2 Å². The lowest BCUT2D eigenvalue weighted by molar-refractivity contribution is 0.180. The van der Waals surface area contributed by atoms with Gasteiger partial charge in [0.25, 0.3) is 0 Å². The van der Waals surface area contributed by atoms with E-state index in [1.807, 2.05) is 11.8 Å². The lowest BCUT2D eigenvalue weighted by Gasteiger charge is -2.42. The maximum absolute atomic E-state index is 8.90. The molecule has 0 aromatic carbocycles. The molecule has 0 aromatic heterocycles. The van der Waals surface area contributed by atoms with Crippen molar-refractivity contribution in [2.24, 2.45) is 23.2 Å². The van der Waals surface area contributed by atoms with Crippen molar-refractivity contribution in [2.75, 3.05) is 12.4 Å². The van der Waals surface area contributed by atoms with E-state index < -0.39 is 0 Å². The van der Waals surface area contributed by atoms with Gasteiger partial charge in [-0.2, -0.15) is 11.8 Å². The Kier molecular flexibility index (Phi) is 3.18. The molecule has 1 N–H and O–H groups in total. The number of fused-ring (bicyclic) bond motifs is 2. The fourth-order valence-corrected chi connectivity index (χ4v) is 4.65. The third-order valence-electron chi connectivity index (χ3n) is 4.87. The van der Waals surface area contributed by atoms with Gasteiger partial charge in [0.2, 0.25) is 0 Å². The van der Waals surface area contributed by atoms with Crippen LogP contribution in [0.5, 0.6) is 0 Å². The van der Waals surface area contributed by atoms with Crippen molar-refractivity contribution in [3.63, 3.8) is 0 Å². The monoisotopic (exact) mass is 226 g/mol. The normalized spacial score (nSPS) is 44.9. The number of aliphatic hydroxyl groups excluding tert-OH is 1. The van der Waals surface area contributed by atoms with E-state index >= 15 is 0 Å². The smallest absolute Gasteiger partial charge is 0.0521 e. The first kappa shape index (κ1) is 11.5. The summed E-state index contributed by atoms with van der Waals surface area (Å²) < 4.78 is 0. The Balaban J connectivity index is 2.09. The van der Waals surface area contributed by atoms with E-state index in [4.69, 9.17) is 5.11 Å².